The number of hydrogen-bond acceptors (Lipinski definition) is 4. The lowest BCUT2D eigenvalue weighted by molar-refractivity contribution is 0.148. The van der Waals surface area contributed by atoms with Gasteiger partial charge in [0.2, 0.25) is 0 Å². The summed E-state index contributed by atoms with van der Waals surface area (Å²) in [7, 11) is 1.48. The van der Waals surface area contributed by atoms with E-state index in [4.69, 9.17) is 4.74 Å². The van der Waals surface area contributed by atoms with E-state index in [2.05, 4.69) is 15.3 Å². The SMILES string of the molecule is CCOCC(CC)=NOC(=O)NC. The first kappa shape index (κ1) is 11.9. The van der Waals surface area contributed by atoms with E-state index in [9.17, 15) is 4.79 Å². The molecule has 0 rings (SSSR count). The fourth-order valence-corrected chi connectivity index (χ4v) is 0.564. The van der Waals surface area contributed by atoms with Crippen LogP contribution in [0.15, 0.2) is 5.16 Å². The van der Waals surface area contributed by atoms with Gasteiger partial charge in [0.15, 0.2) is 0 Å². The second-order valence-electron chi connectivity index (χ2n) is 2.28. The summed E-state index contributed by atoms with van der Waals surface area (Å²) in [6, 6.07) is 0. The lowest BCUT2D eigenvalue weighted by atomic mass is 10.3. The monoisotopic (exact) mass is 188 g/mol. The normalized spacial score (nSPS) is 11.2. The van der Waals surface area contributed by atoms with Crippen molar-refractivity contribution in [3.8, 4) is 0 Å². The summed E-state index contributed by atoms with van der Waals surface area (Å²) in [5, 5.41) is 5.92. The number of rotatable bonds is 5. The first-order valence-corrected chi connectivity index (χ1v) is 4.26. The third kappa shape index (κ3) is 6.10. The molecule has 0 aromatic rings. The first-order valence-electron chi connectivity index (χ1n) is 4.26. The predicted octanol–water partition coefficient (Wildman–Crippen LogP) is 1.14. The molecular formula is C8H16N2O3. The van der Waals surface area contributed by atoms with Crippen molar-refractivity contribution in [1.29, 1.82) is 0 Å². The first-order chi connectivity index (χ1) is 6.24. The lowest BCUT2D eigenvalue weighted by Crippen LogP contribution is -2.18. The van der Waals surface area contributed by atoms with Crippen LogP contribution in [-0.2, 0) is 9.57 Å². The molecule has 1 amide bonds. The van der Waals surface area contributed by atoms with Gasteiger partial charge in [-0.2, -0.15) is 0 Å². The Bertz CT molecular complexity index is 180. The van der Waals surface area contributed by atoms with Gasteiger partial charge in [-0.25, -0.2) is 4.79 Å². The minimum absolute atomic E-state index is 0.407. The highest BCUT2D eigenvalue weighted by Crippen LogP contribution is 1.90. The van der Waals surface area contributed by atoms with E-state index in [1.165, 1.54) is 7.05 Å². The molecule has 0 aromatic heterocycles. The Morgan fingerprint density at radius 3 is 2.62 bits per heavy atom. The summed E-state index contributed by atoms with van der Waals surface area (Å²) in [6.07, 6.45) is 0.138. The predicted molar refractivity (Wildman–Crippen MR) is 49.8 cm³/mol. The number of oxime groups is 1. The zero-order valence-corrected chi connectivity index (χ0v) is 8.29. The molecular weight excluding hydrogens is 172 g/mol. The molecule has 0 fully saturated rings. The summed E-state index contributed by atoms with van der Waals surface area (Å²) < 4.78 is 5.11. The molecule has 76 valence electrons. The highest BCUT2D eigenvalue weighted by molar-refractivity contribution is 5.85. The third-order valence-electron chi connectivity index (χ3n) is 1.34. The number of nitrogens with one attached hydrogen (secondary N) is 1. The maximum atomic E-state index is 10.6. The standard InChI is InChI=1S/C8H16N2O3/c1-4-7(6-12-5-2)10-13-8(11)9-3/h4-6H2,1-3H3,(H,9,11). The molecule has 0 aromatic carbocycles. The quantitative estimate of drug-likeness (QED) is 0.400. The minimum atomic E-state index is -0.567. The van der Waals surface area contributed by atoms with Gasteiger partial charge >= 0.3 is 6.09 Å². The molecule has 0 atom stereocenters. The largest absolute Gasteiger partial charge is 0.433 e. The number of amides is 1. The molecule has 13 heavy (non-hydrogen) atoms. The van der Waals surface area contributed by atoms with Crippen molar-refractivity contribution in [1.82, 2.24) is 5.32 Å². The molecule has 0 saturated carbocycles. The number of carbonyl (C=O) groups excluding carboxylic acids is 1. The molecule has 0 aliphatic carbocycles. The maximum absolute atomic E-state index is 10.6. The Balaban J connectivity index is 3.84. The van der Waals surface area contributed by atoms with E-state index in [0.717, 1.165) is 0 Å². The average molecular weight is 188 g/mol. The molecule has 0 spiro atoms. The van der Waals surface area contributed by atoms with Gasteiger partial charge in [0.25, 0.3) is 0 Å². The van der Waals surface area contributed by atoms with E-state index >= 15 is 0 Å². The van der Waals surface area contributed by atoms with E-state index in [1.807, 2.05) is 13.8 Å². The van der Waals surface area contributed by atoms with E-state index in [0.29, 0.717) is 25.3 Å². The van der Waals surface area contributed by atoms with Crippen LogP contribution in [-0.4, -0.2) is 32.1 Å². The van der Waals surface area contributed by atoms with Gasteiger partial charge in [0.05, 0.1) is 12.3 Å². The van der Waals surface area contributed by atoms with Gasteiger partial charge in [0.1, 0.15) is 0 Å². The Hall–Kier alpha value is -1.10. The van der Waals surface area contributed by atoms with Crippen molar-refractivity contribution >= 4 is 11.8 Å². The molecule has 0 aliphatic heterocycles. The van der Waals surface area contributed by atoms with Crippen LogP contribution in [0.3, 0.4) is 0 Å². The third-order valence-corrected chi connectivity index (χ3v) is 1.34. The summed E-state index contributed by atoms with van der Waals surface area (Å²) in [5.41, 5.74) is 0.713. The van der Waals surface area contributed by atoms with Gasteiger partial charge in [-0.15, -0.1) is 0 Å². The van der Waals surface area contributed by atoms with Crippen molar-refractivity contribution < 1.29 is 14.4 Å². The highest BCUT2D eigenvalue weighted by atomic mass is 16.7. The van der Waals surface area contributed by atoms with Crippen LogP contribution in [0.25, 0.3) is 0 Å². The molecule has 0 heterocycles. The van der Waals surface area contributed by atoms with Crippen LogP contribution in [0.5, 0.6) is 0 Å². The Labute approximate surface area is 78.1 Å². The Morgan fingerprint density at radius 2 is 2.15 bits per heavy atom. The summed E-state index contributed by atoms with van der Waals surface area (Å²) in [4.78, 5) is 15.1. The van der Waals surface area contributed by atoms with Crippen molar-refractivity contribution in [3.05, 3.63) is 0 Å². The zero-order valence-electron chi connectivity index (χ0n) is 8.29. The van der Waals surface area contributed by atoms with Crippen LogP contribution < -0.4 is 5.32 Å². The van der Waals surface area contributed by atoms with E-state index in [1.54, 1.807) is 0 Å². The minimum Gasteiger partial charge on any atom is -0.376 e. The smallest absolute Gasteiger partial charge is 0.376 e. The number of carbonyl (C=O) groups is 1. The molecule has 0 radical (unpaired) electrons. The van der Waals surface area contributed by atoms with Crippen molar-refractivity contribution in [3.63, 3.8) is 0 Å². The lowest BCUT2D eigenvalue weighted by Gasteiger charge is -2.02. The number of nitrogens with zero attached hydrogens (tertiary/aromatic N) is 1. The van der Waals surface area contributed by atoms with Crippen molar-refractivity contribution in [2.45, 2.75) is 20.3 Å². The Kier molecular flexibility index (Phi) is 6.91. The molecule has 0 aliphatic rings. The molecule has 0 bridgehead atoms. The number of ether oxygens (including phenoxy) is 1. The fraction of sp³-hybridized carbons (Fsp3) is 0.750. The second kappa shape index (κ2) is 7.54. The van der Waals surface area contributed by atoms with Gasteiger partial charge in [-0.1, -0.05) is 12.1 Å². The molecule has 1 N–H and O–H groups in total. The molecule has 5 nitrogen and oxygen atoms in total. The maximum Gasteiger partial charge on any atom is 0.433 e. The van der Waals surface area contributed by atoms with Crippen LogP contribution in [0, 0.1) is 0 Å². The fourth-order valence-electron chi connectivity index (χ4n) is 0.564. The Morgan fingerprint density at radius 1 is 1.46 bits per heavy atom. The molecule has 0 saturated heterocycles. The number of hydrogen-bond donors (Lipinski definition) is 1. The summed E-state index contributed by atoms with van der Waals surface area (Å²) in [6.45, 7) is 4.85. The van der Waals surface area contributed by atoms with Crippen LogP contribution in [0.2, 0.25) is 0 Å². The van der Waals surface area contributed by atoms with E-state index in [-0.39, 0.29) is 0 Å². The summed E-state index contributed by atoms with van der Waals surface area (Å²) >= 11 is 0. The van der Waals surface area contributed by atoms with Gasteiger partial charge < -0.3 is 10.1 Å². The summed E-state index contributed by atoms with van der Waals surface area (Å²) in [5.74, 6) is 0. The van der Waals surface area contributed by atoms with Gasteiger partial charge in [-0.05, 0) is 13.3 Å². The second-order valence-corrected chi connectivity index (χ2v) is 2.28. The topological polar surface area (TPSA) is 59.9 Å². The zero-order chi connectivity index (χ0) is 10.1. The van der Waals surface area contributed by atoms with Crippen LogP contribution in [0.1, 0.15) is 20.3 Å². The molecule has 5 heteroatoms. The van der Waals surface area contributed by atoms with Crippen LogP contribution >= 0.6 is 0 Å². The van der Waals surface area contributed by atoms with Gasteiger partial charge in [-0.3, -0.25) is 4.84 Å². The average Bonchev–Trinajstić information content (AvgIpc) is 2.17. The van der Waals surface area contributed by atoms with Crippen molar-refractivity contribution in [2.24, 2.45) is 5.16 Å². The van der Waals surface area contributed by atoms with E-state index < -0.39 is 6.09 Å². The van der Waals surface area contributed by atoms with Crippen molar-refractivity contribution in [2.75, 3.05) is 20.3 Å². The highest BCUT2D eigenvalue weighted by Gasteiger charge is 1.99. The van der Waals surface area contributed by atoms with Gasteiger partial charge in [0, 0.05) is 13.7 Å². The molecule has 0 unspecified atom stereocenters. The van der Waals surface area contributed by atoms with Crippen LogP contribution in [0.4, 0.5) is 4.79 Å².